The molecular weight excluding hydrogens is 643 g/mol. The molecule has 3 heteroatoms. The van der Waals surface area contributed by atoms with Crippen molar-refractivity contribution < 1.29 is 0 Å². The minimum atomic E-state index is 0.772. The number of nitrogens with zero attached hydrogens (tertiary/aromatic N) is 3. The molecule has 8 aromatic carbocycles. The Morgan fingerprint density at radius 1 is 0.283 bits per heavy atom. The number of hydrogen-bond donors (Lipinski definition) is 0. The second kappa shape index (κ2) is 12.9. The molecule has 0 fully saturated rings. The van der Waals surface area contributed by atoms with Crippen molar-refractivity contribution in [2.45, 2.75) is 0 Å². The fourth-order valence-corrected chi connectivity index (χ4v) is 7.71. The van der Waals surface area contributed by atoms with Crippen LogP contribution in [0.4, 0.5) is 0 Å². The topological polar surface area (TPSA) is 30.7 Å². The van der Waals surface area contributed by atoms with Gasteiger partial charge in [-0.15, -0.1) is 0 Å². The first-order valence-electron chi connectivity index (χ1n) is 18.0. The molecule has 10 aromatic rings. The monoisotopic (exact) mass is 675 g/mol. The fourth-order valence-electron chi connectivity index (χ4n) is 7.71. The molecule has 0 amide bonds. The first-order valence-corrected chi connectivity index (χ1v) is 18.0. The molecule has 3 nitrogen and oxygen atoms in total. The quantitative estimate of drug-likeness (QED) is 0.186. The lowest BCUT2D eigenvalue weighted by atomic mass is 9.98. The van der Waals surface area contributed by atoms with Crippen LogP contribution in [0, 0.1) is 0 Å². The van der Waals surface area contributed by atoms with Crippen LogP contribution >= 0.6 is 0 Å². The zero-order valence-electron chi connectivity index (χ0n) is 28.9. The molecule has 0 aliphatic carbocycles. The Labute approximate surface area is 307 Å². The highest BCUT2D eigenvalue weighted by atomic mass is 15.1. The number of hydrogen-bond acceptors (Lipinski definition) is 2. The third kappa shape index (κ3) is 5.38. The van der Waals surface area contributed by atoms with E-state index in [0.29, 0.717) is 0 Å². The Bertz CT molecular complexity index is 2890. The number of rotatable bonds is 4. The second-order valence-corrected chi connectivity index (χ2v) is 13.4. The van der Waals surface area contributed by atoms with E-state index in [1.165, 1.54) is 21.9 Å². The summed E-state index contributed by atoms with van der Waals surface area (Å²) in [6.45, 7) is 0. The molecule has 0 saturated heterocycles. The van der Waals surface area contributed by atoms with Crippen LogP contribution in [0.2, 0.25) is 0 Å². The minimum Gasteiger partial charge on any atom is -0.292 e. The van der Waals surface area contributed by atoms with Crippen molar-refractivity contribution in [2.24, 2.45) is 0 Å². The van der Waals surface area contributed by atoms with E-state index in [-0.39, 0.29) is 0 Å². The summed E-state index contributed by atoms with van der Waals surface area (Å²) in [7, 11) is 0. The molecular formula is C50H33N3. The van der Waals surface area contributed by atoms with Crippen LogP contribution in [0.3, 0.4) is 0 Å². The fraction of sp³-hybridized carbons (Fsp3) is 0. The molecule has 0 saturated carbocycles. The summed E-state index contributed by atoms with van der Waals surface area (Å²) < 4.78 is 2.36. The normalized spacial score (nSPS) is 11.4. The van der Waals surface area contributed by atoms with Crippen LogP contribution in [0.15, 0.2) is 200 Å². The van der Waals surface area contributed by atoms with Gasteiger partial charge in [-0.2, -0.15) is 0 Å². The zero-order valence-corrected chi connectivity index (χ0v) is 28.9. The lowest BCUT2D eigenvalue weighted by Crippen LogP contribution is -2.06. The summed E-state index contributed by atoms with van der Waals surface area (Å²) in [5.41, 5.74) is 10.2. The van der Waals surface area contributed by atoms with Crippen molar-refractivity contribution in [1.82, 2.24) is 14.5 Å². The van der Waals surface area contributed by atoms with E-state index in [1.807, 2.05) is 24.3 Å². The molecule has 53 heavy (non-hydrogen) atoms. The summed E-state index contributed by atoms with van der Waals surface area (Å²) in [5, 5.41) is 6.91. The molecule has 248 valence electrons. The van der Waals surface area contributed by atoms with Gasteiger partial charge in [0.25, 0.3) is 0 Å². The summed E-state index contributed by atoms with van der Waals surface area (Å²) in [5.74, 6) is 0.772. The number of fused-ring (bicyclic) bond motifs is 8. The Morgan fingerprint density at radius 3 is 1.13 bits per heavy atom. The van der Waals surface area contributed by atoms with Gasteiger partial charge in [0.2, 0.25) is 0 Å². The number of aromatic nitrogens is 3. The van der Waals surface area contributed by atoms with E-state index in [2.05, 4.69) is 180 Å². The van der Waals surface area contributed by atoms with E-state index < -0.39 is 0 Å². The standard InChI is InChI=1S/C50H33N3/c1-4-16-34(17-5-1)37-28-30-47-43(32-37)41-24-12-10-22-39(41)40-23-11-13-25-42(40)44-33-38(35-18-6-2-7-19-35)29-31-48(44)53(47)50-49(36-20-8-3-9-21-36)51-45-26-14-15-27-46(45)52-50/h1-33H. The molecule has 0 aliphatic rings. The molecule has 0 spiro atoms. The largest absolute Gasteiger partial charge is 0.292 e. The van der Waals surface area contributed by atoms with Gasteiger partial charge in [0.1, 0.15) is 5.69 Å². The van der Waals surface area contributed by atoms with Crippen LogP contribution in [0.5, 0.6) is 0 Å². The lowest BCUT2D eigenvalue weighted by molar-refractivity contribution is 1.07. The van der Waals surface area contributed by atoms with E-state index in [0.717, 1.165) is 71.8 Å². The Balaban J connectivity index is 1.50. The van der Waals surface area contributed by atoms with Crippen LogP contribution in [0.25, 0.3) is 93.7 Å². The average Bonchev–Trinajstić information content (AvgIpc) is 3.28. The van der Waals surface area contributed by atoms with Crippen molar-refractivity contribution in [1.29, 1.82) is 0 Å². The van der Waals surface area contributed by atoms with Gasteiger partial charge >= 0.3 is 0 Å². The van der Waals surface area contributed by atoms with Crippen molar-refractivity contribution in [2.75, 3.05) is 0 Å². The Morgan fingerprint density at radius 2 is 0.660 bits per heavy atom. The minimum absolute atomic E-state index is 0.772. The number of para-hydroxylation sites is 2. The zero-order chi connectivity index (χ0) is 35.1. The average molecular weight is 676 g/mol. The van der Waals surface area contributed by atoms with Gasteiger partial charge in [-0.25, -0.2) is 9.97 Å². The maximum Gasteiger partial charge on any atom is 0.165 e. The molecule has 0 bridgehead atoms. The van der Waals surface area contributed by atoms with Crippen molar-refractivity contribution in [3.8, 4) is 39.3 Å². The van der Waals surface area contributed by atoms with Crippen molar-refractivity contribution >= 4 is 54.4 Å². The second-order valence-electron chi connectivity index (χ2n) is 13.4. The van der Waals surface area contributed by atoms with Crippen LogP contribution in [-0.4, -0.2) is 14.5 Å². The molecule has 10 rings (SSSR count). The maximum atomic E-state index is 5.51. The summed E-state index contributed by atoms with van der Waals surface area (Å²) in [6.07, 6.45) is 0. The van der Waals surface area contributed by atoms with E-state index >= 15 is 0 Å². The molecule has 0 N–H and O–H groups in total. The molecule has 0 aliphatic heterocycles. The predicted molar refractivity (Wildman–Crippen MR) is 223 cm³/mol. The third-order valence-electron chi connectivity index (χ3n) is 10.2. The molecule has 2 heterocycles. The van der Waals surface area contributed by atoms with Gasteiger partial charge in [0, 0.05) is 16.3 Å². The summed E-state index contributed by atoms with van der Waals surface area (Å²) in [6, 6.07) is 71.2. The van der Waals surface area contributed by atoms with Crippen molar-refractivity contribution in [3.05, 3.63) is 200 Å². The van der Waals surface area contributed by atoms with E-state index in [9.17, 15) is 0 Å². The predicted octanol–water partition coefficient (Wildman–Crippen LogP) is 13.2. The van der Waals surface area contributed by atoms with Crippen LogP contribution in [0.1, 0.15) is 0 Å². The van der Waals surface area contributed by atoms with E-state index in [1.54, 1.807) is 0 Å². The molecule has 0 atom stereocenters. The first-order chi connectivity index (χ1) is 26.3. The maximum absolute atomic E-state index is 5.51. The van der Waals surface area contributed by atoms with Gasteiger partial charge in [-0.3, -0.25) is 4.57 Å². The lowest BCUT2D eigenvalue weighted by Gasteiger charge is -2.18. The van der Waals surface area contributed by atoms with Gasteiger partial charge < -0.3 is 0 Å². The Hall–Kier alpha value is -7.10. The van der Waals surface area contributed by atoms with Gasteiger partial charge in [0.05, 0.1) is 22.1 Å². The van der Waals surface area contributed by atoms with Gasteiger partial charge in [0.15, 0.2) is 5.82 Å². The smallest absolute Gasteiger partial charge is 0.165 e. The Kier molecular flexibility index (Phi) is 7.47. The molecule has 0 unspecified atom stereocenters. The van der Waals surface area contributed by atoms with Crippen LogP contribution < -0.4 is 0 Å². The molecule has 2 aromatic heterocycles. The van der Waals surface area contributed by atoms with E-state index in [4.69, 9.17) is 9.97 Å². The summed E-state index contributed by atoms with van der Waals surface area (Å²) >= 11 is 0. The molecule has 0 radical (unpaired) electrons. The first kappa shape index (κ1) is 30.7. The SMILES string of the molecule is c1ccc(-c2ccc3c(c2)c2ccccc2c2ccccc2c2cc(-c4ccccc4)ccc2n3-c2nc3ccccc3nc2-c2ccccc2)cc1. The van der Waals surface area contributed by atoms with Crippen LogP contribution in [-0.2, 0) is 0 Å². The van der Waals surface area contributed by atoms with Gasteiger partial charge in [-0.05, 0) is 80.2 Å². The highest BCUT2D eigenvalue weighted by Gasteiger charge is 2.18. The highest BCUT2D eigenvalue weighted by molar-refractivity contribution is 6.20. The van der Waals surface area contributed by atoms with Crippen molar-refractivity contribution in [3.63, 3.8) is 0 Å². The third-order valence-corrected chi connectivity index (χ3v) is 10.2. The highest BCUT2D eigenvalue weighted by Crippen LogP contribution is 2.38. The van der Waals surface area contributed by atoms with Gasteiger partial charge in [-0.1, -0.05) is 164 Å². The summed E-state index contributed by atoms with van der Waals surface area (Å²) in [4.78, 5) is 10.9. The number of benzene rings is 8.